The van der Waals surface area contributed by atoms with Crippen molar-refractivity contribution in [3.63, 3.8) is 0 Å². The molecule has 0 amide bonds. The van der Waals surface area contributed by atoms with Gasteiger partial charge in [-0.05, 0) is 24.3 Å². The Labute approximate surface area is 164 Å². The van der Waals surface area contributed by atoms with E-state index in [1.165, 1.54) is 18.5 Å². The summed E-state index contributed by atoms with van der Waals surface area (Å²) in [4.78, 5) is 24.5. The third-order valence-electron chi connectivity index (χ3n) is 4.53. The highest BCUT2D eigenvalue weighted by Crippen LogP contribution is 2.39. The lowest BCUT2D eigenvalue weighted by Gasteiger charge is -2.14. The van der Waals surface area contributed by atoms with Gasteiger partial charge in [0.15, 0.2) is 5.82 Å². The third kappa shape index (κ3) is 2.94. The SMILES string of the molecule is O=c1[nH][nH]c2cc(C(F)(F)F)c(-c3cc4cccnc4c(Nc4nc[nH]n4)n3)cc12. The lowest BCUT2D eigenvalue weighted by atomic mass is 10.00. The van der Waals surface area contributed by atoms with Gasteiger partial charge in [-0.3, -0.25) is 25.1 Å². The van der Waals surface area contributed by atoms with Crippen molar-refractivity contribution in [2.24, 2.45) is 0 Å². The van der Waals surface area contributed by atoms with Crippen LogP contribution in [0.2, 0.25) is 0 Å². The maximum Gasteiger partial charge on any atom is 0.417 e. The van der Waals surface area contributed by atoms with E-state index in [1.54, 1.807) is 18.3 Å². The minimum Gasteiger partial charge on any atom is -0.306 e. The number of benzene rings is 1. The molecule has 150 valence electrons. The van der Waals surface area contributed by atoms with Crippen molar-refractivity contribution in [3.05, 3.63) is 58.8 Å². The molecule has 9 nitrogen and oxygen atoms in total. The molecule has 0 unspecified atom stereocenters. The molecule has 5 rings (SSSR count). The van der Waals surface area contributed by atoms with Crippen LogP contribution >= 0.6 is 0 Å². The van der Waals surface area contributed by atoms with Crippen LogP contribution in [0.3, 0.4) is 0 Å². The molecule has 0 saturated heterocycles. The first kappa shape index (κ1) is 17.8. The summed E-state index contributed by atoms with van der Waals surface area (Å²) in [5, 5.41) is 14.7. The lowest BCUT2D eigenvalue weighted by molar-refractivity contribution is -0.137. The van der Waals surface area contributed by atoms with Gasteiger partial charge in [0.25, 0.3) is 5.56 Å². The number of aromatic amines is 3. The second-order valence-corrected chi connectivity index (χ2v) is 6.40. The second-order valence-electron chi connectivity index (χ2n) is 6.40. The number of nitrogens with zero attached hydrogens (tertiary/aromatic N) is 4. The zero-order chi connectivity index (χ0) is 20.9. The molecular formula is C18H11F3N8O. The molecule has 0 aliphatic heterocycles. The number of hydrogen-bond acceptors (Lipinski definition) is 6. The largest absolute Gasteiger partial charge is 0.417 e. The summed E-state index contributed by atoms with van der Waals surface area (Å²) in [6.45, 7) is 0. The fourth-order valence-electron chi connectivity index (χ4n) is 3.21. The fourth-order valence-corrected chi connectivity index (χ4v) is 3.21. The molecule has 1 aromatic carbocycles. The number of halogens is 3. The summed E-state index contributed by atoms with van der Waals surface area (Å²) in [7, 11) is 0. The Morgan fingerprint density at radius 3 is 2.70 bits per heavy atom. The van der Waals surface area contributed by atoms with Gasteiger partial charge in [-0.15, -0.1) is 5.10 Å². The number of fused-ring (bicyclic) bond motifs is 2. The first-order chi connectivity index (χ1) is 14.4. The van der Waals surface area contributed by atoms with Crippen LogP contribution < -0.4 is 10.9 Å². The van der Waals surface area contributed by atoms with Gasteiger partial charge in [0, 0.05) is 17.1 Å². The van der Waals surface area contributed by atoms with Crippen molar-refractivity contribution in [1.82, 2.24) is 35.3 Å². The van der Waals surface area contributed by atoms with Crippen LogP contribution in [-0.2, 0) is 6.18 Å². The molecule has 0 aliphatic carbocycles. The zero-order valence-corrected chi connectivity index (χ0v) is 14.9. The Balaban J connectivity index is 1.80. The molecular weight excluding hydrogens is 401 g/mol. The molecule has 5 aromatic rings. The monoisotopic (exact) mass is 412 g/mol. The molecule has 4 heterocycles. The van der Waals surface area contributed by atoms with E-state index in [4.69, 9.17) is 0 Å². The second kappa shape index (κ2) is 6.40. The summed E-state index contributed by atoms with van der Waals surface area (Å²) in [5.74, 6) is 0.360. The van der Waals surface area contributed by atoms with E-state index in [2.05, 4.69) is 40.7 Å². The number of aromatic nitrogens is 7. The summed E-state index contributed by atoms with van der Waals surface area (Å²) in [6.07, 6.45) is -1.78. The number of rotatable bonds is 3. The van der Waals surface area contributed by atoms with Crippen molar-refractivity contribution >= 4 is 33.6 Å². The van der Waals surface area contributed by atoms with Crippen LogP contribution in [0.15, 0.2) is 47.7 Å². The first-order valence-electron chi connectivity index (χ1n) is 8.61. The van der Waals surface area contributed by atoms with E-state index in [0.29, 0.717) is 10.9 Å². The normalized spacial score (nSPS) is 12.0. The van der Waals surface area contributed by atoms with Gasteiger partial charge >= 0.3 is 6.18 Å². The predicted octanol–water partition coefficient (Wildman–Crippen LogP) is 3.35. The summed E-state index contributed by atoms with van der Waals surface area (Å²) < 4.78 is 41.4. The standard InChI is InChI=1S/C18H11F3N8O/c19-18(20,21)11-6-13-10(16(30)28-27-13)5-9(11)12-4-8-2-1-3-22-14(8)15(25-12)26-17-23-7-24-29-17/h1-7H,(H2,27,28,30)(H2,23,24,25,26,29). The number of nitrogens with one attached hydrogen (secondary N) is 4. The van der Waals surface area contributed by atoms with Crippen LogP contribution in [0.25, 0.3) is 33.1 Å². The van der Waals surface area contributed by atoms with E-state index in [0.717, 1.165) is 6.07 Å². The summed E-state index contributed by atoms with van der Waals surface area (Å²) in [6, 6.07) is 6.91. The highest BCUT2D eigenvalue weighted by molar-refractivity contribution is 5.94. The molecule has 0 radical (unpaired) electrons. The van der Waals surface area contributed by atoms with Crippen LogP contribution in [0, 0.1) is 0 Å². The molecule has 4 N–H and O–H groups in total. The van der Waals surface area contributed by atoms with Crippen LogP contribution in [0.1, 0.15) is 5.56 Å². The Kier molecular flexibility index (Phi) is 3.81. The van der Waals surface area contributed by atoms with Crippen LogP contribution in [0.5, 0.6) is 0 Å². The van der Waals surface area contributed by atoms with Crippen molar-refractivity contribution in [1.29, 1.82) is 0 Å². The van der Waals surface area contributed by atoms with E-state index in [9.17, 15) is 18.0 Å². The molecule has 30 heavy (non-hydrogen) atoms. The highest BCUT2D eigenvalue weighted by Gasteiger charge is 2.35. The summed E-state index contributed by atoms with van der Waals surface area (Å²) in [5.41, 5.74) is -1.18. The van der Waals surface area contributed by atoms with Crippen molar-refractivity contribution in [2.45, 2.75) is 6.18 Å². The predicted molar refractivity (Wildman–Crippen MR) is 102 cm³/mol. The Morgan fingerprint density at radius 1 is 1.07 bits per heavy atom. The number of pyridine rings is 2. The van der Waals surface area contributed by atoms with Gasteiger partial charge in [-0.25, -0.2) is 9.97 Å². The summed E-state index contributed by atoms with van der Waals surface area (Å²) >= 11 is 0. The topological polar surface area (TPSA) is 128 Å². The minimum atomic E-state index is -4.67. The number of H-pyrrole nitrogens is 3. The maximum atomic E-state index is 13.8. The molecule has 0 spiro atoms. The number of alkyl halides is 3. The molecule has 0 atom stereocenters. The van der Waals surface area contributed by atoms with Gasteiger partial charge in [0.05, 0.1) is 22.2 Å². The maximum absolute atomic E-state index is 13.8. The first-order valence-corrected chi connectivity index (χ1v) is 8.61. The van der Waals surface area contributed by atoms with Crippen molar-refractivity contribution in [3.8, 4) is 11.3 Å². The number of anilines is 2. The lowest BCUT2D eigenvalue weighted by Crippen LogP contribution is -2.09. The van der Waals surface area contributed by atoms with E-state index >= 15 is 0 Å². The third-order valence-corrected chi connectivity index (χ3v) is 4.53. The molecule has 0 fully saturated rings. The number of hydrogen-bond donors (Lipinski definition) is 4. The molecule has 0 aliphatic rings. The van der Waals surface area contributed by atoms with E-state index in [-0.39, 0.29) is 33.9 Å². The van der Waals surface area contributed by atoms with Gasteiger partial charge in [-0.2, -0.15) is 13.2 Å². The van der Waals surface area contributed by atoms with Crippen molar-refractivity contribution < 1.29 is 13.2 Å². The smallest absolute Gasteiger partial charge is 0.306 e. The molecule has 4 aromatic heterocycles. The van der Waals surface area contributed by atoms with Crippen LogP contribution in [0.4, 0.5) is 24.9 Å². The van der Waals surface area contributed by atoms with Crippen LogP contribution in [-0.4, -0.2) is 35.3 Å². The Morgan fingerprint density at radius 2 is 1.93 bits per heavy atom. The fraction of sp³-hybridized carbons (Fsp3) is 0.0556. The highest BCUT2D eigenvalue weighted by atomic mass is 19.4. The van der Waals surface area contributed by atoms with Gasteiger partial charge < -0.3 is 5.32 Å². The Hall–Kier alpha value is -4.22. The van der Waals surface area contributed by atoms with Crippen molar-refractivity contribution in [2.75, 3.05) is 5.32 Å². The quantitative estimate of drug-likeness (QED) is 0.360. The van der Waals surface area contributed by atoms with E-state index in [1.807, 2.05) is 0 Å². The van der Waals surface area contributed by atoms with E-state index < -0.39 is 17.3 Å². The Bertz CT molecular complexity index is 1440. The zero-order valence-electron chi connectivity index (χ0n) is 14.9. The van der Waals surface area contributed by atoms with Gasteiger partial charge in [-0.1, -0.05) is 6.07 Å². The molecule has 0 saturated carbocycles. The average Bonchev–Trinajstić information content (AvgIpc) is 3.36. The molecule has 12 heteroatoms. The minimum absolute atomic E-state index is 0.0170. The van der Waals surface area contributed by atoms with Gasteiger partial charge in [0.2, 0.25) is 5.95 Å². The molecule has 0 bridgehead atoms. The average molecular weight is 412 g/mol. The van der Waals surface area contributed by atoms with Gasteiger partial charge in [0.1, 0.15) is 11.8 Å².